The van der Waals surface area contributed by atoms with Crippen molar-refractivity contribution in [3.05, 3.63) is 34.3 Å². The zero-order valence-electron chi connectivity index (χ0n) is 12.6. The molecule has 1 aliphatic heterocycles. The molecule has 0 spiro atoms. The molecule has 1 aliphatic rings. The van der Waals surface area contributed by atoms with Gasteiger partial charge < -0.3 is 15.4 Å². The Morgan fingerprint density at radius 3 is 3.00 bits per heavy atom. The molecule has 1 amide bonds. The lowest BCUT2D eigenvalue weighted by atomic mass is 9.84. The molecule has 4 nitrogen and oxygen atoms in total. The van der Waals surface area contributed by atoms with Crippen LogP contribution >= 0.6 is 15.9 Å². The normalized spacial score (nSPS) is 19.3. The molecule has 0 bridgehead atoms. The molecule has 116 valence electrons. The Hall–Kier alpha value is -0.910. The van der Waals surface area contributed by atoms with Crippen molar-refractivity contribution in [2.75, 3.05) is 26.3 Å². The number of hydrogen-bond acceptors (Lipinski definition) is 3. The van der Waals surface area contributed by atoms with Gasteiger partial charge in [0.2, 0.25) is 5.91 Å². The van der Waals surface area contributed by atoms with E-state index in [-0.39, 0.29) is 17.4 Å². The van der Waals surface area contributed by atoms with E-state index < -0.39 is 0 Å². The van der Waals surface area contributed by atoms with Crippen molar-refractivity contribution in [3.63, 3.8) is 0 Å². The fourth-order valence-corrected chi connectivity index (χ4v) is 2.78. The summed E-state index contributed by atoms with van der Waals surface area (Å²) in [6.45, 7) is 7.06. The lowest BCUT2D eigenvalue weighted by Gasteiger charge is -2.27. The summed E-state index contributed by atoms with van der Waals surface area (Å²) in [5.74, 6) is 0.0704. The van der Waals surface area contributed by atoms with E-state index in [0.29, 0.717) is 19.6 Å². The minimum atomic E-state index is -0.101. The summed E-state index contributed by atoms with van der Waals surface area (Å²) in [5.41, 5.74) is 1.10. The molecule has 21 heavy (non-hydrogen) atoms. The first-order valence-electron chi connectivity index (χ1n) is 7.31. The first-order chi connectivity index (χ1) is 9.97. The third-order valence-corrected chi connectivity index (χ3v) is 4.26. The maximum Gasteiger partial charge on any atom is 0.221 e. The fourth-order valence-electron chi connectivity index (χ4n) is 2.38. The number of halogens is 1. The monoisotopic (exact) mass is 354 g/mol. The van der Waals surface area contributed by atoms with Gasteiger partial charge in [-0.05, 0) is 17.7 Å². The maximum absolute atomic E-state index is 12.0. The predicted molar refractivity (Wildman–Crippen MR) is 87.4 cm³/mol. The summed E-state index contributed by atoms with van der Waals surface area (Å²) >= 11 is 3.49. The molecule has 1 saturated heterocycles. The Bertz CT molecular complexity index is 485. The maximum atomic E-state index is 12.0. The Balaban J connectivity index is 1.84. The number of hydrogen-bond donors (Lipinski definition) is 2. The van der Waals surface area contributed by atoms with Gasteiger partial charge in [-0.15, -0.1) is 0 Å². The van der Waals surface area contributed by atoms with Crippen molar-refractivity contribution in [3.8, 4) is 0 Å². The van der Waals surface area contributed by atoms with Gasteiger partial charge in [-0.25, -0.2) is 0 Å². The zero-order valence-corrected chi connectivity index (χ0v) is 14.2. The lowest BCUT2D eigenvalue weighted by Crippen LogP contribution is -2.45. The molecule has 1 atom stereocenters. The summed E-state index contributed by atoms with van der Waals surface area (Å²) in [6, 6.07) is 8.35. The van der Waals surface area contributed by atoms with Crippen LogP contribution in [-0.4, -0.2) is 38.3 Å². The largest absolute Gasteiger partial charge is 0.378 e. The van der Waals surface area contributed by atoms with Gasteiger partial charge in [0.25, 0.3) is 0 Å². The van der Waals surface area contributed by atoms with Gasteiger partial charge in [0, 0.05) is 35.4 Å². The van der Waals surface area contributed by atoms with Crippen molar-refractivity contribution in [1.29, 1.82) is 0 Å². The number of benzene rings is 1. The van der Waals surface area contributed by atoms with Crippen LogP contribution in [0.4, 0.5) is 0 Å². The number of ether oxygens (including phenoxy) is 1. The predicted octanol–water partition coefficient (Wildman–Crippen LogP) is 2.22. The first-order valence-corrected chi connectivity index (χ1v) is 8.10. The SMILES string of the molecule is CC(C)(CNC(=O)CC1COCCN1)c1cccc(Br)c1. The third-order valence-electron chi connectivity index (χ3n) is 3.76. The molecule has 1 aromatic rings. The molecule has 1 fully saturated rings. The van der Waals surface area contributed by atoms with E-state index in [1.54, 1.807) is 0 Å². The van der Waals surface area contributed by atoms with E-state index >= 15 is 0 Å². The molecular formula is C16H23BrN2O2. The Kier molecular flexibility index (Phi) is 5.79. The van der Waals surface area contributed by atoms with Crippen LogP contribution in [0.15, 0.2) is 28.7 Å². The highest BCUT2D eigenvalue weighted by atomic mass is 79.9. The van der Waals surface area contributed by atoms with Crippen LogP contribution < -0.4 is 10.6 Å². The van der Waals surface area contributed by atoms with Crippen molar-refractivity contribution in [2.24, 2.45) is 0 Å². The zero-order chi connectivity index (χ0) is 15.3. The van der Waals surface area contributed by atoms with Gasteiger partial charge in [-0.2, -0.15) is 0 Å². The van der Waals surface area contributed by atoms with Gasteiger partial charge in [-0.1, -0.05) is 41.9 Å². The molecule has 5 heteroatoms. The smallest absolute Gasteiger partial charge is 0.221 e. The highest BCUT2D eigenvalue weighted by Crippen LogP contribution is 2.25. The number of rotatable bonds is 5. The standard InChI is InChI=1S/C16H23BrN2O2/c1-16(2,12-4-3-5-13(17)8-12)11-19-15(20)9-14-10-21-7-6-18-14/h3-5,8,14,18H,6-7,9-11H2,1-2H3,(H,19,20). The molecule has 1 unspecified atom stereocenters. The van der Waals surface area contributed by atoms with E-state index in [1.807, 2.05) is 12.1 Å². The van der Waals surface area contributed by atoms with Crippen molar-refractivity contribution >= 4 is 21.8 Å². The van der Waals surface area contributed by atoms with E-state index in [9.17, 15) is 4.79 Å². The topological polar surface area (TPSA) is 50.4 Å². The third kappa shape index (κ3) is 5.09. The molecule has 0 saturated carbocycles. The number of carbonyl (C=O) groups excluding carboxylic acids is 1. The average Bonchev–Trinajstić information content (AvgIpc) is 2.46. The van der Waals surface area contributed by atoms with E-state index in [1.165, 1.54) is 5.56 Å². The van der Waals surface area contributed by atoms with Crippen LogP contribution in [0.3, 0.4) is 0 Å². The van der Waals surface area contributed by atoms with Gasteiger partial charge in [0.1, 0.15) is 0 Å². The molecule has 2 rings (SSSR count). The van der Waals surface area contributed by atoms with Crippen molar-refractivity contribution in [2.45, 2.75) is 31.7 Å². The van der Waals surface area contributed by atoms with E-state index in [4.69, 9.17) is 4.74 Å². The van der Waals surface area contributed by atoms with Crippen LogP contribution in [0.2, 0.25) is 0 Å². The fraction of sp³-hybridized carbons (Fsp3) is 0.562. The molecule has 1 heterocycles. The van der Waals surface area contributed by atoms with Crippen LogP contribution in [0.1, 0.15) is 25.8 Å². The summed E-state index contributed by atoms with van der Waals surface area (Å²) in [6.07, 6.45) is 0.467. The number of morpholine rings is 1. The first kappa shape index (κ1) is 16.5. The minimum Gasteiger partial charge on any atom is -0.378 e. The van der Waals surface area contributed by atoms with Crippen LogP contribution in [0.5, 0.6) is 0 Å². The van der Waals surface area contributed by atoms with Gasteiger partial charge in [-0.3, -0.25) is 4.79 Å². The molecule has 1 aromatic carbocycles. The average molecular weight is 355 g/mol. The summed E-state index contributed by atoms with van der Waals surface area (Å²) in [4.78, 5) is 12.0. The van der Waals surface area contributed by atoms with Gasteiger partial charge >= 0.3 is 0 Å². The second kappa shape index (κ2) is 7.38. The van der Waals surface area contributed by atoms with Gasteiger partial charge in [0.15, 0.2) is 0 Å². The Labute approximate surface area is 134 Å². The van der Waals surface area contributed by atoms with Crippen molar-refractivity contribution < 1.29 is 9.53 Å². The molecule has 2 N–H and O–H groups in total. The van der Waals surface area contributed by atoms with Crippen LogP contribution in [0.25, 0.3) is 0 Å². The van der Waals surface area contributed by atoms with Crippen LogP contribution in [-0.2, 0) is 14.9 Å². The van der Waals surface area contributed by atoms with E-state index in [2.05, 4.69) is 52.5 Å². The minimum absolute atomic E-state index is 0.0704. The number of carbonyl (C=O) groups is 1. The lowest BCUT2D eigenvalue weighted by molar-refractivity contribution is -0.122. The summed E-state index contributed by atoms with van der Waals surface area (Å²) < 4.78 is 6.42. The second-order valence-electron chi connectivity index (χ2n) is 6.10. The molecular weight excluding hydrogens is 332 g/mol. The number of nitrogens with one attached hydrogen (secondary N) is 2. The Morgan fingerprint density at radius 2 is 2.33 bits per heavy atom. The molecule has 0 aromatic heterocycles. The van der Waals surface area contributed by atoms with Crippen LogP contribution in [0, 0.1) is 0 Å². The summed E-state index contributed by atoms with van der Waals surface area (Å²) in [5, 5.41) is 6.33. The Morgan fingerprint density at radius 1 is 1.52 bits per heavy atom. The van der Waals surface area contributed by atoms with Gasteiger partial charge in [0.05, 0.1) is 13.2 Å². The highest BCUT2D eigenvalue weighted by Gasteiger charge is 2.23. The summed E-state index contributed by atoms with van der Waals surface area (Å²) in [7, 11) is 0. The van der Waals surface area contributed by atoms with Crippen molar-refractivity contribution in [1.82, 2.24) is 10.6 Å². The number of amides is 1. The highest BCUT2D eigenvalue weighted by molar-refractivity contribution is 9.10. The van der Waals surface area contributed by atoms with E-state index in [0.717, 1.165) is 17.6 Å². The molecule has 0 aliphatic carbocycles. The quantitative estimate of drug-likeness (QED) is 0.852. The molecule has 0 radical (unpaired) electrons. The second-order valence-corrected chi connectivity index (χ2v) is 7.02.